The van der Waals surface area contributed by atoms with Crippen LogP contribution in [0.15, 0.2) is 17.5 Å². The smallest absolute Gasteiger partial charge is 0.653 e. The van der Waals surface area contributed by atoms with Gasteiger partial charge < -0.3 is 20.9 Å². The third-order valence-electron chi connectivity index (χ3n) is 0.582. The second-order valence-corrected chi connectivity index (χ2v) is 1.99. The van der Waals surface area contributed by atoms with Gasteiger partial charge in [-0.1, -0.05) is 6.47 Å². The van der Waals surface area contributed by atoms with Gasteiger partial charge >= 0.3 is 19.5 Å². The third kappa shape index (κ3) is 12.9. The summed E-state index contributed by atoms with van der Waals surface area (Å²) in [6, 6.07) is 3.86. The molecule has 1 rings (SSSR count). The molecule has 0 fully saturated rings. The Balaban J connectivity index is 0. The van der Waals surface area contributed by atoms with Gasteiger partial charge in [0.25, 0.3) is 0 Å². The first-order chi connectivity index (χ1) is 4.91. The maximum atomic E-state index is 9.06. The van der Waals surface area contributed by atoms with Crippen LogP contribution in [-0.2, 0) is 29.0 Å². The normalized spacial score (nSPS) is 6.64. The van der Waals surface area contributed by atoms with Crippen LogP contribution in [-0.4, -0.2) is 13.1 Å². The van der Waals surface area contributed by atoms with E-state index >= 15 is 0 Å². The largest absolute Gasteiger partial charge is 2.00 e. The second-order valence-electron chi connectivity index (χ2n) is 1.25. The summed E-state index contributed by atoms with van der Waals surface area (Å²) in [5.41, 5.74) is 0. The van der Waals surface area contributed by atoms with Gasteiger partial charge in [-0.05, 0) is 6.92 Å². The van der Waals surface area contributed by atoms with Gasteiger partial charge in [0.05, 0.1) is 0 Å². The Morgan fingerprint density at radius 1 is 1.73 bits per heavy atom. The van der Waals surface area contributed by atoms with Gasteiger partial charge in [-0.3, -0.25) is 0 Å². The van der Waals surface area contributed by atoms with Gasteiger partial charge in [-0.2, -0.15) is 11.4 Å². The standard InChI is InChI=1S/C4H3S.C3H5O2.Zn/c1-2-4-5-3-1;1-2-5-3-4;/h1-3H;2H2,1H3;/q2*-1;+2. The van der Waals surface area contributed by atoms with E-state index < -0.39 is 0 Å². The predicted octanol–water partition coefficient (Wildman–Crippen LogP) is 1.64. The molecule has 0 aliphatic carbocycles. The molecular weight excluding hydrogens is 214 g/mol. The Bertz CT molecular complexity index is 125. The minimum atomic E-state index is 0. The van der Waals surface area contributed by atoms with Crippen LogP contribution in [0.1, 0.15) is 6.92 Å². The molecule has 0 aliphatic heterocycles. The molecule has 0 aromatic carbocycles. The summed E-state index contributed by atoms with van der Waals surface area (Å²) in [5, 5.41) is 4.89. The fraction of sp³-hybridized carbons (Fsp3) is 0.286. The predicted molar refractivity (Wildman–Crippen MR) is 40.5 cm³/mol. The van der Waals surface area contributed by atoms with E-state index in [1.807, 2.05) is 17.5 Å². The van der Waals surface area contributed by atoms with Crippen LogP contribution in [0.5, 0.6) is 0 Å². The molecule has 0 saturated heterocycles. The van der Waals surface area contributed by atoms with E-state index in [1.54, 1.807) is 18.3 Å². The van der Waals surface area contributed by atoms with Crippen molar-refractivity contribution in [2.24, 2.45) is 0 Å². The van der Waals surface area contributed by atoms with Crippen molar-refractivity contribution in [2.45, 2.75) is 6.92 Å². The second kappa shape index (κ2) is 12.5. The number of rotatable bonds is 2. The first-order valence-electron chi connectivity index (χ1n) is 2.80. The van der Waals surface area contributed by atoms with E-state index in [1.165, 1.54) is 6.47 Å². The number of thiophene rings is 1. The van der Waals surface area contributed by atoms with Crippen LogP contribution in [0.25, 0.3) is 0 Å². The zero-order valence-corrected chi connectivity index (χ0v) is 10.2. The van der Waals surface area contributed by atoms with Crippen LogP contribution in [0.4, 0.5) is 0 Å². The summed E-state index contributed by atoms with van der Waals surface area (Å²) in [5.74, 6) is 0. The first-order valence-corrected chi connectivity index (χ1v) is 3.68. The van der Waals surface area contributed by atoms with Gasteiger partial charge in [0.2, 0.25) is 0 Å². The Morgan fingerprint density at radius 2 is 2.45 bits per heavy atom. The molecule has 1 aromatic heterocycles. The molecule has 56 valence electrons. The van der Waals surface area contributed by atoms with E-state index in [2.05, 4.69) is 10.1 Å². The van der Waals surface area contributed by atoms with Gasteiger partial charge in [-0.25, -0.2) is 6.07 Å². The van der Waals surface area contributed by atoms with Crippen molar-refractivity contribution in [1.29, 1.82) is 0 Å². The molecule has 1 heterocycles. The molecule has 0 unspecified atom stereocenters. The van der Waals surface area contributed by atoms with Crippen LogP contribution in [0.2, 0.25) is 0 Å². The van der Waals surface area contributed by atoms with Crippen LogP contribution >= 0.6 is 11.3 Å². The molecule has 0 N–H and O–H groups in total. The molecular formula is C7H8O2SZn. The monoisotopic (exact) mass is 220 g/mol. The Kier molecular flexibility index (Phi) is 15.2. The summed E-state index contributed by atoms with van der Waals surface area (Å²) in [4.78, 5) is 9.06. The van der Waals surface area contributed by atoms with E-state index in [0.29, 0.717) is 6.61 Å². The van der Waals surface area contributed by atoms with Crippen molar-refractivity contribution in [3.8, 4) is 0 Å². The zero-order chi connectivity index (χ0) is 7.66. The molecule has 4 heteroatoms. The van der Waals surface area contributed by atoms with Crippen LogP contribution in [0, 0.1) is 5.38 Å². The fourth-order valence-electron chi connectivity index (χ4n) is 0.255. The molecule has 0 spiro atoms. The van der Waals surface area contributed by atoms with Crippen molar-refractivity contribution in [2.75, 3.05) is 6.61 Å². The minimum Gasteiger partial charge on any atom is -0.653 e. The van der Waals surface area contributed by atoms with Crippen molar-refractivity contribution in [3.05, 3.63) is 22.9 Å². The van der Waals surface area contributed by atoms with E-state index in [0.717, 1.165) is 0 Å². The molecule has 0 radical (unpaired) electrons. The summed E-state index contributed by atoms with van der Waals surface area (Å²) in [7, 11) is 0. The average molecular weight is 222 g/mol. The average Bonchev–Trinajstić information content (AvgIpc) is 2.44. The molecule has 0 aliphatic rings. The van der Waals surface area contributed by atoms with Gasteiger partial charge in [0.1, 0.15) is 0 Å². The molecule has 1 aromatic rings. The van der Waals surface area contributed by atoms with Crippen molar-refractivity contribution in [1.82, 2.24) is 0 Å². The quantitative estimate of drug-likeness (QED) is 0.561. The minimum absolute atomic E-state index is 0. The number of ether oxygens (including phenoxy) is 1. The molecule has 2 nitrogen and oxygen atoms in total. The summed E-state index contributed by atoms with van der Waals surface area (Å²) >= 11 is 1.59. The van der Waals surface area contributed by atoms with Crippen LogP contribution in [0.3, 0.4) is 0 Å². The number of hydrogen-bond donors (Lipinski definition) is 0. The first kappa shape index (κ1) is 13.4. The maximum absolute atomic E-state index is 9.06. The number of hydrogen-bond acceptors (Lipinski definition) is 3. The molecule has 11 heavy (non-hydrogen) atoms. The van der Waals surface area contributed by atoms with Crippen molar-refractivity contribution >= 4 is 17.8 Å². The topological polar surface area (TPSA) is 26.3 Å². The van der Waals surface area contributed by atoms with Gasteiger partial charge in [-0.15, -0.1) is 5.38 Å². The van der Waals surface area contributed by atoms with Crippen molar-refractivity contribution < 1.29 is 29.0 Å². The Morgan fingerprint density at radius 3 is 2.55 bits per heavy atom. The SMILES string of the molecule is CCO[C-]=O.[Zn+2].[c-]1cccs1. The molecule has 0 saturated carbocycles. The Labute approximate surface area is 83.3 Å². The molecule has 0 atom stereocenters. The summed E-state index contributed by atoms with van der Waals surface area (Å²) < 4.78 is 4.03. The maximum Gasteiger partial charge on any atom is 2.00 e. The van der Waals surface area contributed by atoms with Crippen LogP contribution < -0.4 is 0 Å². The number of carbonyl (C=O) groups excluding carboxylic acids is 1. The van der Waals surface area contributed by atoms with E-state index in [4.69, 9.17) is 4.79 Å². The summed E-state index contributed by atoms with van der Waals surface area (Å²) in [6.45, 7) is 3.41. The molecule has 0 amide bonds. The third-order valence-corrected chi connectivity index (χ3v) is 1.15. The van der Waals surface area contributed by atoms with Gasteiger partial charge in [0.15, 0.2) is 0 Å². The van der Waals surface area contributed by atoms with E-state index in [-0.39, 0.29) is 19.5 Å². The fourth-order valence-corrected chi connectivity index (χ4v) is 0.648. The van der Waals surface area contributed by atoms with Gasteiger partial charge in [0, 0.05) is 6.61 Å². The van der Waals surface area contributed by atoms with E-state index in [9.17, 15) is 0 Å². The van der Waals surface area contributed by atoms with Crippen molar-refractivity contribution in [3.63, 3.8) is 0 Å². The summed E-state index contributed by atoms with van der Waals surface area (Å²) in [6.07, 6.45) is 0. The Hall–Kier alpha value is -0.207. The molecule has 0 bridgehead atoms. The zero-order valence-electron chi connectivity index (χ0n) is 6.37.